The minimum atomic E-state index is -0.462. The molecule has 0 aliphatic carbocycles. The first-order chi connectivity index (χ1) is 9.97. The van der Waals surface area contributed by atoms with E-state index in [0.29, 0.717) is 20.4 Å². The van der Waals surface area contributed by atoms with Crippen LogP contribution in [0.2, 0.25) is 10.0 Å². The molecule has 5 nitrogen and oxygen atoms in total. The van der Waals surface area contributed by atoms with E-state index in [4.69, 9.17) is 23.2 Å². The summed E-state index contributed by atoms with van der Waals surface area (Å²) in [7, 11) is 1.29. The van der Waals surface area contributed by atoms with E-state index in [1.807, 2.05) is 0 Å². The Balaban J connectivity index is 2.76. The summed E-state index contributed by atoms with van der Waals surface area (Å²) in [6, 6.07) is 3.44. The lowest BCUT2D eigenvalue weighted by molar-refractivity contribution is -0.141. The van der Waals surface area contributed by atoms with E-state index in [2.05, 4.69) is 9.73 Å². The third-order valence-corrected chi connectivity index (χ3v) is 4.61. The van der Waals surface area contributed by atoms with Crippen LogP contribution in [0, 0.1) is 0 Å². The Hall–Kier alpha value is -1.37. The smallest absolute Gasteiger partial charge is 0.325 e. The highest BCUT2D eigenvalue weighted by Crippen LogP contribution is 2.32. The monoisotopic (exact) mass is 346 g/mol. The van der Waals surface area contributed by atoms with E-state index < -0.39 is 5.97 Å². The number of hydrogen-bond acceptors (Lipinski definition) is 4. The zero-order valence-corrected chi connectivity index (χ0v) is 13.7. The number of carbonyl (C=O) groups excluding carboxylic acids is 2. The first kappa shape index (κ1) is 16.0. The van der Waals surface area contributed by atoms with Crippen molar-refractivity contribution in [3.05, 3.63) is 27.0 Å². The van der Waals surface area contributed by atoms with Crippen molar-refractivity contribution >= 4 is 56.6 Å². The van der Waals surface area contributed by atoms with Crippen LogP contribution < -0.4 is 4.80 Å². The van der Waals surface area contributed by atoms with Crippen LogP contribution in [0.5, 0.6) is 0 Å². The van der Waals surface area contributed by atoms with E-state index in [-0.39, 0.29) is 18.9 Å². The Kier molecular flexibility index (Phi) is 5.03. The fraction of sp³-hybridized carbons (Fsp3) is 0.308. The van der Waals surface area contributed by atoms with Crippen LogP contribution in [-0.2, 0) is 20.9 Å². The van der Waals surface area contributed by atoms with Gasteiger partial charge in [-0.05, 0) is 12.1 Å². The van der Waals surface area contributed by atoms with Crippen LogP contribution in [0.25, 0.3) is 10.2 Å². The van der Waals surface area contributed by atoms with Gasteiger partial charge in [-0.15, -0.1) is 0 Å². The number of benzene rings is 1. The zero-order valence-electron chi connectivity index (χ0n) is 11.4. The largest absolute Gasteiger partial charge is 0.468 e. The molecule has 112 valence electrons. The summed E-state index contributed by atoms with van der Waals surface area (Å²) in [5, 5.41) is 0.689. The fourth-order valence-electron chi connectivity index (χ4n) is 1.71. The second kappa shape index (κ2) is 6.60. The molecule has 8 heteroatoms. The van der Waals surface area contributed by atoms with Crippen LogP contribution in [0.3, 0.4) is 0 Å². The molecular weight excluding hydrogens is 335 g/mol. The molecule has 2 aromatic rings. The molecule has 0 bridgehead atoms. The highest BCUT2D eigenvalue weighted by molar-refractivity contribution is 7.16. The number of methoxy groups -OCH3 is 1. The molecule has 0 radical (unpaired) electrons. The van der Waals surface area contributed by atoms with Crippen molar-refractivity contribution in [1.29, 1.82) is 0 Å². The molecule has 0 spiro atoms. The van der Waals surface area contributed by atoms with Crippen LogP contribution in [0.15, 0.2) is 17.1 Å². The predicted molar refractivity (Wildman–Crippen MR) is 82.7 cm³/mol. The molecule has 1 aromatic heterocycles. The molecule has 0 aliphatic rings. The van der Waals surface area contributed by atoms with E-state index in [9.17, 15) is 9.59 Å². The van der Waals surface area contributed by atoms with Gasteiger partial charge in [0.2, 0.25) is 5.91 Å². The van der Waals surface area contributed by atoms with E-state index in [1.165, 1.54) is 18.4 Å². The number of fused-ring (bicyclic) bond motifs is 1. The number of rotatable bonds is 3. The number of amides is 1. The topological polar surface area (TPSA) is 60.7 Å². The number of ether oxygens (including phenoxy) is 1. The fourth-order valence-corrected chi connectivity index (χ4v) is 3.24. The van der Waals surface area contributed by atoms with Crippen molar-refractivity contribution in [2.75, 3.05) is 7.11 Å². The van der Waals surface area contributed by atoms with Crippen molar-refractivity contribution < 1.29 is 14.3 Å². The standard InChI is InChI=1S/C13H12Cl2N2O3S/c1-3-9(18)16-13-17(6-10(19)20-2)12-8(21-13)5-4-7(14)11(12)15/h4-5H,3,6H2,1-2H3. The molecule has 0 unspecified atom stereocenters. The van der Waals surface area contributed by atoms with Crippen LogP contribution in [-0.4, -0.2) is 23.6 Å². The lowest BCUT2D eigenvalue weighted by Crippen LogP contribution is -2.22. The van der Waals surface area contributed by atoms with Gasteiger partial charge in [0.1, 0.15) is 6.54 Å². The highest BCUT2D eigenvalue weighted by Gasteiger charge is 2.15. The Morgan fingerprint density at radius 1 is 1.38 bits per heavy atom. The molecule has 0 saturated carbocycles. The first-order valence-electron chi connectivity index (χ1n) is 6.09. The molecule has 1 heterocycles. The lowest BCUT2D eigenvalue weighted by atomic mass is 10.3. The average Bonchev–Trinajstić information content (AvgIpc) is 2.81. The summed E-state index contributed by atoms with van der Waals surface area (Å²) >= 11 is 13.5. The Labute approximate surface area is 134 Å². The van der Waals surface area contributed by atoms with Gasteiger partial charge in [0, 0.05) is 6.42 Å². The van der Waals surface area contributed by atoms with Gasteiger partial charge in [-0.2, -0.15) is 4.99 Å². The van der Waals surface area contributed by atoms with Gasteiger partial charge in [-0.25, -0.2) is 0 Å². The molecule has 1 amide bonds. The maximum atomic E-state index is 11.6. The maximum Gasteiger partial charge on any atom is 0.325 e. The number of esters is 1. The van der Waals surface area contributed by atoms with Gasteiger partial charge in [0.25, 0.3) is 0 Å². The molecule has 0 aliphatic heterocycles. The molecule has 0 saturated heterocycles. The van der Waals surface area contributed by atoms with E-state index in [0.717, 1.165) is 4.70 Å². The maximum absolute atomic E-state index is 11.6. The SMILES string of the molecule is CCC(=O)N=c1sc2ccc(Cl)c(Cl)c2n1CC(=O)OC. The molecule has 2 rings (SSSR count). The Bertz CT molecular complexity index is 780. The van der Waals surface area contributed by atoms with Crippen molar-refractivity contribution in [2.45, 2.75) is 19.9 Å². The van der Waals surface area contributed by atoms with Crippen molar-refractivity contribution in [3.8, 4) is 0 Å². The minimum absolute atomic E-state index is 0.0909. The number of aromatic nitrogens is 1. The Morgan fingerprint density at radius 2 is 2.10 bits per heavy atom. The molecule has 21 heavy (non-hydrogen) atoms. The Morgan fingerprint density at radius 3 is 2.71 bits per heavy atom. The molecule has 1 aromatic carbocycles. The number of carbonyl (C=O) groups is 2. The molecule has 0 atom stereocenters. The summed E-state index contributed by atoms with van der Waals surface area (Å²) in [4.78, 5) is 27.6. The van der Waals surface area contributed by atoms with Crippen molar-refractivity contribution in [2.24, 2.45) is 4.99 Å². The second-order valence-electron chi connectivity index (χ2n) is 4.11. The van der Waals surface area contributed by atoms with Crippen LogP contribution in [0.1, 0.15) is 13.3 Å². The third-order valence-electron chi connectivity index (χ3n) is 2.77. The van der Waals surface area contributed by atoms with Crippen molar-refractivity contribution in [3.63, 3.8) is 0 Å². The van der Waals surface area contributed by atoms with E-state index in [1.54, 1.807) is 23.6 Å². The first-order valence-corrected chi connectivity index (χ1v) is 7.66. The minimum Gasteiger partial charge on any atom is -0.468 e. The summed E-state index contributed by atoms with van der Waals surface area (Å²) in [6.07, 6.45) is 0.279. The summed E-state index contributed by atoms with van der Waals surface area (Å²) < 4.78 is 7.01. The quantitative estimate of drug-likeness (QED) is 0.802. The van der Waals surface area contributed by atoms with Crippen molar-refractivity contribution in [1.82, 2.24) is 4.57 Å². The average molecular weight is 347 g/mol. The summed E-state index contributed by atoms with van der Waals surface area (Å²) in [6.45, 7) is 1.63. The van der Waals surface area contributed by atoms with Gasteiger partial charge in [-0.3, -0.25) is 9.59 Å². The van der Waals surface area contributed by atoms with Gasteiger partial charge in [0.05, 0.1) is 27.4 Å². The second-order valence-corrected chi connectivity index (χ2v) is 5.91. The number of nitrogens with zero attached hydrogens (tertiary/aromatic N) is 2. The molecule has 0 fully saturated rings. The van der Waals surface area contributed by atoms with Crippen LogP contribution >= 0.6 is 34.5 Å². The zero-order chi connectivity index (χ0) is 15.6. The number of hydrogen-bond donors (Lipinski definition) is 0. The predicted octanol–water partition coefficient (Wildman–Crippen LogP) is 3.02. The summed E-state index contributed by atoms with van der Waals surface area (Å²) in [5.74, 6) is -0.737. The normalized spacial score (nSPS) is 11.9. The molecular formula is C13H12Cl2N2O3S. The molecule has 0 N–H and O–H groups in total. The van der Waals surface area contributed by atoms with Gasteiger partial charge >= 0.3 is 5.97 Å². The summed E-state index contributed by atoms with van der Waals surface area (Å²) in [5.41, 5.74) is 0.571. The van der Waals surface area contributed by atoms with Crippen LogP contribution in [0.4, 0.5) is 0 Å². The number of thiazole rings is 1. The number of halogens is 2. The highest BCUT2D eigenvalue weighted by atomic mass is 35.5. The van der Waals surface area contributed by atoms with Gasteiger partial charge in [-0.1, -0.05) is 41.5 Å². The van der Waals surface area contributed by atoms with Gasteiger partial charge in [0.15, 0.2) is 4.80 Å². The lowest BCUT2D eigenvalue weighted by Gasteiger charge is -2.05. The van der Waals surface area contributed by atoms with E-state index >= 15 is 0 Å². The third kappa shape index (κ3) is 3.28. The van der Waals surface area contributed by atoms with Gasteiger partial charge < -0.3 is 9.30 Å².